The number of aryl methyl sites for hydroxylation is 1. The van der Waals surface area contributed by atoms with Gasteiger partial charge in [-0.2, -0.15) is 4.31 Å². The van der Waals surface area contributed by atoms with Gasteiger partial charge in [-0.25, -0.2) is 8.42 Å². The molecule has 0 aromatic heterocycles. The molecule has 0 amide bonds. The van der Waals surface area contributed by atoms with Gasteiger partial charge < -0.3 is 10.5 Å². The number of hydrogen-bond acceptors (Lipinski definition) is 4. The molecule has 1 aromatic rings. The number of hydrogen-bond donors (Lipinski definition) is 1. The zero-order valence-corrected chi connectivity index (χ0v) is 13.9. The van der Waals surface area contributed by atoms with Crippen molar-refractivity contribution in [1.82, 2.24) is 4.31 Å². The molecule has 0 bridgehead atoms. The van der Waals surface area contributed by atoms with Gasteiger partial charge in [-0.05, 0) is 44.4 Å². The fraction of sp³-hybridized carbons (Fsp3) is 0.600. The van der Waals surface area contributed by atoms with Gasteiger partial charge in [0.2, 0.25) is 10.0 Å². The highest BCUT2D eigenvalue weighted by atomic mass is 32.2. The van der Waals surface area contributed by atoms with E-state index in [0.29, 0.717) is 18.8 Å². The Morgan fingerprint density at radius 1 is 1.38 bits per heavy atom. The second-order valence-corrected chi connectivity index (χ2v) is 7.53. The predicted octanol–water partition coefficient (Wildman–Crippen LogP) is 2.07. The number of nitrogen functional groups attached to an aromatic ring is 1. The van der Waals surface area contributed by atoms with E-state index in [9.17, 15) is 8.42 Å². The van der Waals surface area contributed by atoms with Crippen LogP contribution in [0.3, 0.4) is 0 Å². The number of nitrogens with zero attached hydrogens (tertiary/aromatic N) is 1. The summed E-state index contributed by atoms with van der Waals surface area (Å²) in [5, 5.41) is 0. The predicted molar refractivity (Wildman–Crippen MR) is 83.7 cm³/mol. The number of rotatable bonds is 3. The first-order chi connectivity index (χ1) is 9.78. The number of benzene rings is 1. The molecule has 1 aromatic carbocycles. The molecule has 118 valence electrons. The highest BCUT2D eigenvalue weighted by Crippen LogP contribution is 2.31. The molecular formula is C15H24N2O3S. The first-order valence-electron chi connectivity index (χ1n) is 7.28. The van der Waals surface area contributed by atoms with Gasteiger partial charge in [0.25, 0.3) is 0 Å². The number of anilines is 1. The van der Waals surface area contributed by atoms with Gasteiger partial charge in [0.15, 0.2) is 0 Å². The lowest BCUT2D eigenvalue weighted by atomic mass is 10.1. The fourth-order valence-electron chi connectivity index (χ4n) is 2.70. The highest BCUT2D eigenvalue weighted by Gasteiger charge is 2.37. The van der Waals surface area contributed by atoms with Crippen molar-refractivity contribution in [2.75, 3.05) is 18.9 Å². The number of morpholine rings is 1. The minimum absolute atomic E-state index is 0.103. The summed E-state index contributed by atoms with van der Waals surface area (Å²) in [6.07, 6.45) is 0.616. The maximum atomic E-state index is 13.1. The fourth-order valence-corrected chi connectivity index (χ4v) is 4.86. The third-order valence-electron chi connectivity index (χ3n) is 4.16. The number of sulfonamides is 1. The van der Waals surface area contributed by atoms with Crippen molar-refractivity contribution < 1.29 is 13.2 Å². The first kappa shape index (κ1) is 16.3. The van der Waals surface area contributed by atoms with Crippen molar-refractivity contribution in [2.45, 2.75) is 51.2 Å². The number of nitrogens with two attached hydrogens (primary N) is 1. The summed E-state index contributed by atoms with van der Waals surface area (Å²) in [5.74, 6) is 0. The summed E-state index contributed by atoms with van der Waals surface area (Å²) < 4.78 is 33.3. The summed E-state index contributed by atoms with van der Waals surface area (Å²) in [7, 11) is -3.61. The minimum atomic E-state index is -3.61. The van der Waals surface area contributed by atoms with Crippen molar-refractivity contribution in [1.29, 1.82) is 0 Å². The van der Waals surface area contributed by atoms with Crippen LogP contribution in [0.25, 0.3) is 0 Å². The molecule has 1 aliphatic heterocycles. The van der Waals surface area contributed by atoms with Crippen molar-refractivity contribution in [2.24, 2.45) is 0 Å². The van der Waals surface area contributed by atoms with E-state index in [4.69, 9.17) is 10.5 Å². The van der Waals surface area contributed by atoms with E-state index in [1.165, 1.54) is 0 Å². The first-order valence-corrected chi connectivity index (χ1v) is 8.72. The molecule has 21 heavy (non-hydrogen) atoms. The molecule has 2 rings (SSSR count). The summed E-state index contributed by atoms with van der Waals surface area (Å²) in [5.41, 5.74) is 7.93. The van der Waals surface area contributed by atoms with Crippen LogP contribution in [0.5, 0.6) is 0 Å². The van der Waals surface area contributed by atoms with E-state index in [0.717, 1.165) is 17.5 Å². The summed E-state index contributed by atoms with van der Waals surface area (Å²) in [4.78, 5) is 0.245. The van der Waals surface area contributed by atoms with Gasteiger partial charge in [-0.15, -0.1) is 0 Å². The molecule has 0 radical (unpaired) electrons. The Labute approximate surface area is 127 Å². The van der Waals surface area contributed by atoms with Crippen LogP contribution in [-0.2, 0) is 14.8 Å². The summed E-state index contributed by atoms with van der Waals surface area (Å²) >= 11 is 0. The molecule has 2 N–H and O–H groups in total. The molecule has 1 aliphatic rings. The zero-order valence-electron chi connectivity index (χ0n) is 13.1. The van der Waals surface area contributed by atoms with Crippen molar-refractivity contribution in [3.8, 4) is 0 Å². The minimum Gasteiger partial charge on any atom is -0.398 e. The Balaban J connectivity index is 2.53. The number of ether oxygens (including phenoxy) is 1. The largest absolute Gasteiger partial charge is 0.398 e. The van der Waals surface area contributed by atoms with Crippen LogP contribution in [0.4, 0.5) is 5.69 Å². The monoisotopic (exact) mass is 312 g/mol. The maximum absolute atomic E-state index is 13.1. The Bertz CT molecular complexity index is 628. The van der Waals surface area contributed by atoms with Gasteiger partial charge in [-0.3, -0.25) is 0 Å². The third kappa shape index (κ3) is 2.93. The highest BCUT2D eigenvalue weighted by molar-refractivity contribution is 7.89. The zero-order chi connectivity index (χ0) is 15.8. The van der Waals surface area contributed by atoms with Crippen molar-refractivity contribution in [3.05, 3.63) is 23.3 Å². The molecule has 2 unspecified atom stereocenters. The van der Waals surface area contributed by atoms with Gasteiger partial charge in [0.1, 0.15) is 4.90 Å². The Hall–Kier alpha value is -1.11. The van der Waals surface area contributed by atoms with E-state index < -0.39 is 10.0 Å². The average molecular weight is 312 g/mol. The molecule has 1 fully saturated rings. The van der Waals surface area contributed by atoms with Crippen molar-refractivity contribution in [3.63, 3.8) is 0 Å². The van der Waals surface area contributed by atoms with Crippen LogP contribution in [-0.4, -0.2) is 38.0 Å². The smallest absolute Gasteiger partial charge is 0.245 e. The van der Waals surface area contributed by atoms with Gasteiger partial charge in [0, 0.05) is 12.6 Å². The van der Waals surface area contributed by atoms with Crippen LogP contribution < -0.4 is 5.73 Å². The Kier molecular flexibility index (Phi) is 4.60. The topological polar surface area (TPSA) is 72.6 Å². The molecular weight excluding hydrogens is 288 g/mol. The summed E-state index contributed by atoms with van der Waals surface area (Å²) in [6, 6.07) is 3.38. The lowest BCUT2D eigenvalue weighted by molar-refractivity contribution is -0.0230. The van der Waals surface area contributed by atoms with Crippen molar-refractivity contribution >= 4 is 15.7 Å². The van der Waals surface area contributed by atoms with Gasteiger partial charge in [0.05, 0.1) is 18.4 Å². The van der Waals surface area contributed by atoms with Gasteiger partial charge >= 0.3 is 0 Å². The van der Waals surface area contributed by atoms with E-state index in [-0.39, 0.29) is 17.0 Å². The molecule has 6 heteroatoms. The SMILES string of the molecule is CCC1COC(C)CN1S(=O)(=O)c1c(N)ccc(C)c1C. The normalized spacial score (nSPS) is 24.2. The van der Waals surface area contributed by atoms with Crippen LogP contribution in [0.2, 0.25) is 0 Å². The van der Waals surface area contributed by atoms with E-state index in [1.807, 2.05) is 33.8 Å². The standard InChI is InChI=1S/C15H24N2O3S/c1-5-13-9-20-11(3)8-17(13)21(18,19)15-12(4)10(2)6-7-14(15)16/h6-7,11,13H,5,8-9,16H2,1-4H3. The molecule has 5 nitrogen and oxygen atoms in total. The van der Waals surface area contributed by atoms with Gasteiger partial charge in [-0.1, -0.05) is 13.0 Å². The lowest BCUT2D eigenvalue weighted by Gasteiger charge is -2.37. The molecule has 1 heterocycles. The van der Waals surface area contributed by atoms with Crippen LogP contribution in [0.15, 0.2) is 17.0 Å². The molecule has 1 saturated heterocycles. The average Bonchev–Trinajstić information content (AvgIpc) is 2.43. The molecule has 0 spiro atoms. The summed E-state index contributed by atoms with van der Waals surface area (Å²) in [6.45, 7) is 8.37. The van der Waals surface area contributed by atoms with E-state index in [1.54, 1.807) is 10.4 Å². The van der Waals surface area contributed by atoms with Crippen LogP contribution >= 0.6 is 0 Å². The quantitative estimate of drug-likeness (QED) is 0.867. The second-order valence-electron chi connectivity index (χ2n) is 5.71. The maximum Gasteiger partial charge on any atom is 0.245 e. The van der Waals surface area contributed by atoms with Crippen LogP contribution in [0, 0.1) is 13.8 Å². The molecule has 2 atom stereocenters. The third-order valence-corrected chi connectivity index (χ3v) is 6.29. The molecule has 0 aliphatic carbocycles. The second kappa shape index (κ2) is 5.94. The van der Waals surface area contributed by atoms with Crippen LogP contribution in [0.1, 0.15) is 31.4 Å². The van der Waals surface area contributed by atoms with E-state index >= 15 is 0 Å². The lowest BCUT2D eigenvalue weighted by Crippen LogP contribution is -2.51. The molecule has 0 saturated carbocycles. The van der Waals surface area contributed by atoms with E-state index in [2.05, 4.69) is 0 Å². The Morgan fingerprint density at radius 2 is 2.05 bits per heavy atom. The Morgan fingerprint density at radius 3 is 2.67 bits per heavy atom.